The number of aliphatic hydroxyl groups is 1. The van der Waals surface area contributed by atoms with Crippen molar-refractivity contribution >= 4 is 16.1 Å². The Morgan fingerprint density at radius 2 is 1.94 bits per heavy atom. The van der Waals surface area contributed by atoms with E-state index in [2.05, 4.69) is 0 Å². The lowest BCUT2D eigenvalue weighted by atomic mass is 10.2. The van der Waals surface area contributed by atoms with Crippen LogP contribution >= 0.6 is 0 Å². The van der Waals surface area contributed by atoms with E-state index in [1.807, 2.05) is 0 Å². The number of hydrogen-bond acceptors (Lipinski definition) is 5. The lowest BCUT2D eigenvalue weighted by Gasteiger charge is -2.19. The summed E-state index contributed by atoms with van der Waals surface area (Å²) >= 11 is 0. The summed E-state index contributed by atoms with van der Waals surface area (Å²) in [6, 6.07) is 0. The van der Waals surface area contributed by atoms with Crippen molar-refractivity contribution < 1.29 is 23.1 Å². The zero-order valence-corrected chi connectivity index (χ0v) is 10.8. The van der Waals surface area contributed by atoms with Crippen LogP contribution in [0, 0.1) is 0 Å². The van der Waals surface area contributed by atoms with E-state index in [0.717, 1.165) is 0 Å². The van der Waals surface area contributed by atoms with Gasteiger partial charge in [-0.05, 0) is 34.1 Å². The first-order valence-corrected chi connectivity index (χ1v) is 6.58. The zero-order valence-electron chi connectivity index (χ0n) is 9.98. The molecule has 2 N–H and O–H groups in total. The Hall–Kier alpha value is -0.820. The summed E-state index contributed by atoms with van der Waals surface area (Å²) < 4.78 is 29.2. The second-order valence-corrected chi connectivity index (χ2v) is 6.40. The first-order valence-electron chi connectivity index (χ1n) is 4.93. The molecule has 0 heterocycles. The maximum absolute atomic E-state index is 11.3. The van der Waals surface area contributed by atoms with Gasteiger partial charge in [0.05, 0.1) is 11.9 Å². The molecular weight excluding hydrogens is 234 g/mol. The highest BCUT2D eigenvalue weighted by molar-refractivity contribution is 7.90. The molecule has 0 bridgehead atoms. The van der Waals surface area contributed by atoms with Crippen molar-refractivity contribution in [1.82, 2.24) is 4.72 Å². The van der Waals surface area contributed by atoms with Gasteiger partial charge >= 0.3 is 6.09 Å². The van der Waals surface area contributed by atoms with Crippen LogP contribution in [0.15, 0.2) is 0 Å². The van der Waals surface area contributed by atoms with Crippen LogP contribution in [0.4, 0.5) is 4.79 Å². The lowest BCUT2D eigenvalue weighted by molar-refractivity contribution is 0.0570. The summed E-state index contributed by atoms with van der Waals surface area (Å²) in [7, 11) is -3.73. The minimum Gasteiger partial charge on any atom is -0.443 e. The van der Waals surface area contributed by atoms with Crippen molar-refractivity contribution in [3.63, 3.8) is 0 Å². The van der Waals surface area contributed by atoms with Gasteiger partial charge in [0.2, 0.25) is 10.0 Å². The summed E-state index contributed by atoms with van der Waals surface area (Å²) in [6.45, 7) is 6.38. The fourth-order valence-electron chi connectivity index (χ4n) is 0.803. The summed E-state index contributed by atoms with van der Waals surface area (Å²) in [5, 5.41) is 8.93. The fourth-order valence-corrected chi connectivity index (χ4v) is 1.85. The maximum Gasteiger partial charge on any atom is 0.421 e. The van der Waals surface area contributed by atoms with E-state index in [-0.39, 0.29) is 12.2 Å². The van der Waals surface area contributed by atoms with E-state index in [1.165, 1.54) is 6.92 Å². The van der Waals surface area contributed by atoms with E-state index < -0.39 is 27.8 Å². The summed E-state index contributed by atoms with van der Waals surface area (Å²) in [4.78, 5) is 11.1. The number of aliphatic hydroxyl groups excluding tert-OH is 1. The predicted molar refractivity (Wildman–Crippen MR) is 59.5 cm³/mol. The van der Waals surface area contributed by atoms with Crippen LogP contribution in [0.1, 0.15) is 34.1 Å². The molecule has 0 aliphatic heterocycles. The highest BCUT2D eigenvalue weighted by Crippen LogP contribution is 2.07. The standard InChI is InChI=1S/C9H19NO5S/c1-7(11)5-6-16(13,14)10-8(12)15-9(2,3)4/h7,11H,5-6H2,1-4H3,(H,10,12)/t7-/m1/s1. The Bertz CT molecular complexity index is 328. The molecule has 0 saturated carbocycles. The molecule has 96 valence electrons. The molecule has 0 rings (SSSR count). The molecule has 0 aliphatic carbocycles. The fraction of sp³-hybridized carbons (Fsp3) is 0.889. The predicted octanol–water partition coefficient (Wildman–Crippen LogP) is 0.612. The molecular formula is C9H19NO5S. The smallest absolute Gasteiger partial charge is 0.421 e. The Morgan fingerprint density at radius 3 is 2.31 bits per heavy atom. The van der Waals surface area contributed by atoms with Crippen molar-refractivity contribution in [2.75, 3.05) is 5.75 Å². The third-order valence-corrected chi connectivity index (χ3v) is 2.69. The number of hydrogen-bond donors (Lipinski definition) is 2. The van der Waals surface area contributed by atoms with E-state index in [9.17, 15) is 13.2 Å². The number of amides is 1. The highest BCUT2D eigenvalue weighted by Gasteiger charge is 2.21. The Kier molecular flexibility index (Phi) is 5.21. The minimum atomic E-state index is -3.73. The average Bonchev–Trinajstić information content (AvgIpc) is 1.95. The molecule has 1 atom stereocenters. The van der Waals surface area contributed by atoms with Gasteiger partial charge in [-0.15, -0.1) is 0 Å². The van der Waals surface area contributed by atoms with Crippen LogP contribution in [-0.4, -0.2) is 37.1 Å². The minimum absolute atomic E-state index is 0.0676. The van der Waals surface area contributed by atoms with Crippen LogP contribution in [0.2, 0.25) is 0 Å². The topological polar surface area (TPSA) is 92.7 Å². The lowest BCUT2D eigenvalue weighted by Crippen LogP contribution is -2.37. The molecule has 0 spiro atoms. The molecule has 0 aromatic rings. The van der Waals surface area contributed by atoms with Crippen molar-refractivity contribution in [3.8, 4) is 0 Å². The first kappa shape index (κ1) is 15.2. The zero-order chi connectivity index (χ0) is 13.0. The molecule has 0 saturated heterocycles. The summed E-state index contributed by atoms with van der Waals surface area (Å²) in [5.74, 6) is -0.316. The quantitative estimate of drug-likeness (QED) is 0.765. The van der Waals surface area contributed by atoms with E-state index in [1.54, 1.807) is 25.5 Å². The van der Waals surface area contributed by atoms with E-state index in [4.69, 9.17) is 9.84 Å². The number of carbonyl (C=O) groups excluding carboxylic acids is 1. The van der Waals surface area contributed by atoms with Crippen LogP contribution < -0.4 is 4.72 Å². The first-order chi connectivity index (χ1) is 7.02. The van der Waals surface area contributed by atoms with Gasteiger partial charge in [0.1, 0.15) is 5.60 Å². The van der Waals surface area contributed by atoms with Gasteiger partial charge < -0.3 is 9.84 Å². The summed E-state index contributed by atoms with van der Waals surface area (Å²) in [5.41, 5.74) is -0.746. The van der Waals surface area contributed by atoms with Crippen molar-refractivity contribution in [2.24, 2.45) is 0 Å². The van der Waals surface area contributed by atoms with Gasteiger partial charge in [0.15, 0.2) is 0 Å². The molecule has 16 heavy (non-hydrogen) atoms. The normalized spacial score (nSPS) is 14.3. The highest BCUT2D eigenvalue weighted by atomic mass is 32.2. The number of ether oxygens (including phenoxy) is 1. The van der Waals surface area contributed by atoms with Crippen molar-refractivity contribution in [3.05, 3.63) is 0 Å². The summed E-state index contributed by atoms with van der Waals surface area (Å²) in [6.07, 6.45) is -1.66. The SMILES string of the molecule is C[C@@H](O)CCS(=O)(=O)NC(=O)OC(C)(C)C. The Balaban J connectivity index is 4.22. The van der Waals surface area contributed by atoms with E-state index in [0.29, 0.717) is 0 Å². The molecule has 0 aromatic carbocycles. The third kappa shape index (κ3) is 8.49. The maximum atomic E-state index is 11.3. The van der Waals surface area contributed by atoms with Gasteiger partial charge in [-0.25, -0.2) is 17.9 Å². The van der Waals surface area contributed by atoms with Gasteiger partial charge in [-0.3, -0.25) is 0 Å². The van der Waals surface area contributed by atoms with Gasteiger partial charge in [-0.2, -0.15) is 0 Å². The van der Waals surface area contributed by atoms with Crippen molar-refractivity contribution in [1.29, 1.82) is 0 Å². The average molecular weight is 253 g/mol. The Labute approximate surface area is 96.0 Å². The monoisotopic (exact) mass is 253 g/mol. The second kappa shape index (κ2) is 5.49. The number of rotatable bonds is 4. The molecule has 0 aliphatic rings. The molecule has 7 heteroatoms. The number of carbonyl (C=O) groups is 1. The van der Waals surface area contributed by atoms with E-state index >= 15 is 0 Å². The van der Waals surface area contributed by atoms with Crippen LogP contribution in [0.3, 0.4) is 0 Å². The molecule has 0 radical (unpaired) electrons. The molecule has 0 unspecified atom stereocenters. The van der Waals surface area contributed by atoms with Crippen LogP contribution in [-0.2, 0) is 14.8 Å². The molecule has 6 nitrogen and oxygen atoms in total. The van der Waals surface area contributed by atoms with Crippen molar-refractivity contribution in [2.45, 2.75) is 45.8 Å². The van der Waals surface area contributed by atoms with Gasteiger partial charge in [0, 0.05) is 0 Å². The van der Waals surface area contributed by atoms with Gasteiger partial charge in [-0.1, -0.05) is 0 Å². The second-order valence-electron chi connectivity index (χ2n) is 4.56. The molecule has 0 aromatic heterocycles. The van der Waals surface area contributed by atoms with Crippen LogP contribution in [0.25, 0.3) is 0 Å². The molecule has 1 amide bonds. The third-order valence-electron chi connectivity index (χ3n) is 1.44. The molecule has 0 fully saturated rings. The number of nitrogens with one attached hydrogen (secondary N) is 1. The Morgan fingerprint density at radius 1 is 1.44 bits per heavy atom. The number of sulfonamides is 1. The largest absolute Gasteiger partial charge is 0.443 e. The van der Waals surface area contributed by atoms with Gasteiger partial charge in [0.25, 0.3) is 0 Å². The van der Waals surface area contributed by atoms with Crippen LogP contribution in [0.5, 0.6) is 0 Å².